The van der Waals surface area contributed by atoms with E-state index in [1.165, 1.54) is 16.4 Å². The number of ether oxygens (including phenoxy) is 1. The highest BCUT2D eigenvalue weighted by Gasteiger charge is 2.21. The predicted molar refractivity (Wildman–Crippen MR) is 94.0 cm³/mol. The first-order valence-corrected chi connectivity index (χ1v) is 9.33. The molecule has 0 aliphatic heterocycles. The molecule has 0 spiro atoms. The summed E-state index contributed by atoms with van der Waals surface area (Å²) in [4.78, 5) is 4.42. The van der Waals surface area contributed by atoms with Crippen molar-refractivity contribution in [1.82, 2.24) is 8.96 Å². The summed E-state index contributed by atoms with van der Waals surface area (Å²) >= 11 is 0. The third kappa shape index (κ3) is 2.89. The van der Waals surface area contributed by atoms with Crippen molar-refractivity contribution in [3.05, 3.63) is 54.6 Å². The molecule has 0 saturated heterocycles. The van der Waals surface area contributed by atoms with Crippen LogP contribution in [0.4, 0.5) is 0 Å². The number of fused-ring (bicyclic) bond motifs is 1. The molecule has 0 saturated carbocycles. The number of benzene rings is 2. The maximum absolute atomic E-state index is 12.9. The van der Waals surface area contributed by atoms with E-state index in [0.717, 1.165) is 16.5 Å². The van der Waals surface area contributed by atoms with Gasteiger partial charge in [-0.1, -0.05) is 26.0 Å². The van der Waals surface area contributed by atoms with Crippen molar-refractivity contribution in [2.75, 3.05) is 6.61 Å². The van der Waals surface area contributed by atoms with Crippen LogP contribution in [0.15, 0.2) is 53.7 Å². The average Bonchev–Trinajstić information content (AvgIpc) is 3.05. The van der Waals surface area contributed by atoms with Crippen LogP contribution in [0.3, 0.4) is 0 Å². The summed E-state index contributed by atoms with van der Waals surface area (Å²) < 4.78 is 32.6. The lowest BCUT2D eigenvalue weighted by atomic mass is 10.1. The van der Waals surface area contributed by atoms with Crippen molar-refractivity contribution in [1.29, 1.82) is 0 Å². The summed E-state index contributed by atoms with van der Waals surface area (Å²) in [6.07, 6.45) is 3.01. The van der Waals surface area contributed by atoms with Crippen LogP contribution in [0.25, 0.3) is 10.8 Å². The number of aromatic nitrogens is 2. The Morgan fingerprint density at radius 3 is 2.54 bits per heavy atom. The van der Waals surface area contributed by atoms with Crippen molar-refractivity contribution in [3.63, 3.8) is 0 Å². The Kier molecular flexibility index (Phi) is 4.32. The molecule has 5 nitrogen and oxygen atoms in total. The molecule has 0 atom stereocenters. The topological polar surface area (TPSA) is 61.2 Å². The fourth-order valence-electron chi connectivity index (χ4n) is 2.64. The second-order valence-electron chi connectivity index (χ2n) is 5.84. The van der Waals surface area contributed by atoms with E-state index in [4.69, 9.17) is 4.74 Å². The van der Waals surface area contributed by atoms with E-state index in [-0.39, 0.29) is 10.8 Å². The number of hydrogen-bond acceptors (Lipinski definition) is 4. The first-order valence-electron chi connectivity index (χ1n) is 7.89. The molecule has 0 unspecified atom stereocenters. The fraction of sp³-hybridized carbons (Fsp3) is 0.278. The minimum absolute atomic E-state index is 0.0176. The van der Waals surface area contributed by atoms with Gasteiger partial charge in [0.25, 0.3) is 10.0 Å². The van der Waals surface area contributed by atoms with Crippen molar-refractivity contribution < 1.29 is 13.2 Å². The second kappa shape index (κ2) is 6.28. The molecule has 0 amide bonds. The van der Waals surface area contributed by atoms with Gasteiger partial charge >= 0.3 is 0 Å². The van der Waals surface area contributed by atoms with E-state index in [0.29, 0.717) is 12.4 Å². The van der Waals surface area contributed by atoms with E-state index >= 15 is 0 Å². The van der Waals surface area contributed by atoms with Crippen LogP contribution < -0.4 is 4.74 Å². The normalized spacial score (nSPS) is 12.0. The largest absolute Gasteiger partial charge is 0.494 e. The summed E-state index contributed by atoms with van der Waals surface area (Å²) in [7, 11) is -3.66. The smallest absolute Gasteiger partial charge is 0.269 e. The molecule has 2 aromatic carbocycles. The van der Waals surface area contributed by atoms with Crippen LogP contribution >= 0.6 is 0 Å². The van der Waals surface area contributed by atoms with Gasteiger partial charge in [-0.25, -0.2) is 17.4 Å². The zero-order chi connectivity index (χ0) is 17.3. The third-order valence-electron chi connectivity index (χ3n) is 3.80. The first kappa shape index (κ1) is 16.5. The Labute approximate surface area is 142 Å². The van der Waals surface area contributed by atoms with Gasteiger partial charge in [0.1, 0.15) is 11.6 Å². The van der Waals surface area contributed by atoms with Crippen LogP contribution in [-0.2, 0) is 10.0 Å². The minimum atomic E-state index is -3.66. The minimum Gasteiger partial charge on any atom is -0.494 e. The molecule has 1 aromatic heterocycles. The van der Waals surface area contributed by atoms with Crippen LogP contribution in [0.1, 0.15) is 32.5 Å². The Balaban J connectivity index is 2.08. The molecular weight excluding hydrogens is 324 g/mol. The molecule has 0 radical (unpaired) electrons. The lowest BCUT2D eigenvalue weighted by molar-refractivity contribution is 0.341. The van der Waals surface area contributed by atoms with Gasteiger partial charge in [-0.3, -0.25) is 0 Å². The summed E-state index contributed by atoms with van der Waals surface area (Å²) in [5.41, 5.74) is 0. The zero-order valence-corrected chi connectivity index (χ0v) is 14.7. The summed E-state index contributed by atoms with van der Waals surface area (Å²) in [6.45, 7) is 6.36. The molecule has 0 bridgehead atoms. The van der Waals surface area contributed by atoms with Gasteiger partial charge in [-0.15, -0.1) is 0 Å². The van der Waals surface area contributed by atoms with Gasteiger partial charge < -0.3 is 4.74 Å². The summed E-state index contributed by atoms with van der Waals surface area (Å²) in [6, 6.07) is 10.7. The van der Waals surface area contributed by atoms with Crippen LogP contribution in [0.2, 0.25) is 0 Å². The molecule has 0 N–H and O–H groups in total. The third-order valence-corrected chi connectivity index (χ3v) is 5.48. The molecule has 24 heavy (non-hydrogen) atoms. The molecular formula is C18H20N2O3S. The SMILES string of the molecule is CCOc1ccc2cc(S(=O)(=O)n3ccnc3C(C)C)ccc2c1. The van der Waals surface area contributed by atoms with Gasteiger partial charge in [-0.05, 0) is 42.0 Å². The van der Waals surface area contributed by atoms with E-state index in [1.54, 1.807) is 18.2 Å². The maximum Gasteiger partial charge on any atom is 0.269 e. The number of rotatable bonds is 5. The highest BCUT2D eigenvalue weighted by Crippen LogP contribution is 2.26. The van der Waals surface area contributed by atoms with E-state index < -0.39 is 10.0 Å². The molecule has 6 heteroatoms. The summed E-state index contributed by atoms with van der Waals surface area (Å²) in [5.74, 6) is 1.32. The average molecular weight is 344 g/mol. The Hall–Kier alpha value is -2.34. The highest BCUT2D eigenvalue weighted by atomic mass is 32.2. The molecule has 3 rings (SSSR count). The lowest BCUT2D eigenvalue weighted by Gasteiger charge is -2.12. The highest BCUT2D eigenvalue weighted by molar-refractivity contribution is 7.90. The first-order chi connectivity index (χ1) is 11.4. The van der Waals surface area contributed by atoms with Crippen molar-refractivity contribution >= 4 is 20.8 Å². The maximum atomic E-state index is 12.9. The van der Waals surface area contributed by atoms with Gasteiger partial charge in [0.05, 0.1) is 11.5 Å². The quantitative estimate of drug-likeness (QED) is 0.706. The molecule has 0 aliphatic rings. The van der Waals surface area contributed by atoms with Gasteiger partial charge in [0.15, 0.2) is 0 Å². The predicted octanol–water partition coefficient (Wildman–Crippen LogP) is 3.80. The Morgan fingerprint density at radius 1 is 1.12 bits per heavy atom. The monoisotopic (exact) mass is 344 g/mol. The number of imidazole rings is 1. The van der Waals surface area contributed by atoms with Crippen LogP contribution in [0, 0.1) is 0 Å². The van der Waals surface area contributed by atoms with Crippen molar-refractivity contribution in [2.45, 2.75) is 31.6 Å². The molecule has 3 aromatic rings. The summed E-state index contributed by atoms with van der Waals surface area (Å²) in [5, 5.41) is 1.79. The van der Waals surface area contributed by atoms with Crippen LogP contribution in [0.5, 0.6) is 5.75 Å². The Bertz CT molecular complexity index is 975. The molecule has 0 aliphatic carbocycles. The Morgan fingerprint density at radius 2 is 1.83 bits per heavy atom. The van der Waals surface area contributed by atoms with Gasteiger partial charge in [-0.2, -0.15) is 0 Å². The number of hydrogen-bond donors (Lipinski definition) is 0. The standard InChI is InChI=1S/C18H20N2O3S/c1-4-23-16-7-5-15-12-17(8-6-14(15)11-16)24(21,22)20-10-9-19-18(20)13(2)3/h5-13H,4H2,1-3H3. The molecule has 0 fully saturated rings. The van der Waals surface area contributed by atoms with Crippen molar-refractivity contribution in [2.24, 2.45) is 0 Å². The van der Waals surface area contributed by atoms with E-state index in [1.807, 2.05) is 39.0 Å². The second-order valence-corrected chi connectivity index (χ2v) is 7.66. The number of nitrogens with zero attached hydrogens (tertiary/aromatic N) is 2. The lowest BCUT2D eigenvalue weighted by Crippen LogP contribution is -2.16. The zero-order valence-electron chi connectivity index (χ0n) is 13.9. The molecule has 126 valence electrons. The van der Waals surface area contributed by atoms with Crippen molar-refractivity contribution in [3.8, 4) is 5.75 Å². The fourth-order valence-corrected chi connectivity index (χ4v) is 4.10. The van der Waals surface area contributed by atoms with E-state index in [9.17, 15) is 8.42 Å². The van der Waals surface area contributed by atoms with Gasteiger partial charge in [0.2, 0.25) is 0 Å². The van der Waals surface area contributed by atoms with Crippen LogP contribution in [-0.4, -0.2) is 24.0 Å². The van der Waals surface area contributed by atoms with Gasteiger partial charge in [0, 0.05) is 18.3 Å². The van der Waals surface area contributed by atoms with E-state index in [2.05, 4.69) is 4.98 Å². The molecule has 1 heterocycles.